The summed E-state index contributed by atoms with van der Waals surface area (Å²) in [5.74, 6) is 0. The van der Waals surface area contributed by atoms with Crippen molar-refractivity contribution >= 4 is 17.3 Å². The van der Waals surface area contributed by atoms with Gasteiger partial charge in [0.15, 0.2) is 0 Å². The molecule has 0 spiro atoms. The molecule has 2 rings (SSSR count). The second-order valence-electron chi connectivity index (χ2n) is 4.73. The van der Waals surface area contributed by atoms with E-state index in [-0.39, 0.29) is 6.10 Å². The molecule has 0 amide bonds. The second kappa shape index (κ2) is 5.21. The zero-order valence-corrected chi connectivity index (χ0v) is 11.0. The molecule has 0 radical (unpaired) electrons. The van der Waals surface area contributed by atoms with Gasteiger partial charge in [-0.05, 0) is 32.6 Å². The van der Waals surface area contributed by atoms with Crippen LogP contribution in [0.25, 0.3) is 0 Å². The largest absolute Gasteiger partial charge is 0.391 e. The molecule has 1 aromatic rings. The van der Waals surface area contributed by atoms with E-state index in [9.17, 15) is 5.11 Å². The Bertz CT molecular complexity index is 397. The van der Waals surface area contributed by atoms with Crippen LogP contribution < -0.4 is 4.90 Å². The van der Waals surface area contributed by atoms with Crippen LogP contribution in [0.4, 0.5) is 5.69 Å². The molecule has 1 saturated heterocycles. The molecule has 2 heterocycles. The maximum Gasteiger partial charge on any atom is 0.129 e. The Morgan fingerprint density at radius 1 is 1.53 bits per heavy atom. The molecular weight excluding hydrogens is 238 g/mol. The molecule has 17 heavy (non-hydrogen) atoms. The minimum absolute atomic E-state index is 0.224. The van der Waals surface area contributed by atoms with Gasteiger partial charge in [-0.2, -0.15) is 0 Å². The molecule has 1 aliphatic rings. The zero-order chi connectivity index (χ0) is 12.4. The maximum absolute atomic E-state index is 9.59. The van der Waals surface area contributed by atoms with Gasteiger partial charge in [-0.1, -0.05) is 11.6 Å². The highest BCUT2D eigenvalue weighted by atomic mass is 35.5. The third kappa shape index (κ3) is 3.09. The van der Waals surface area contributed by atoms with Gasteiger partial charge in [0.25, 0.3) is 0 Å². The molecule has 5 heteroatoms. The molecule has 0 saturated carbocycles. The number of hydrogen-bond acceptors (Lipinski definition) is 4. The molecular formula is C12H18ClN3O. The van der Waals surface area contributed by atoms with Crippen molar-refractivity contribution in [3.63, 3.8) is 0 Å². The van der Waals surface area contributed by atoms with E-state index in [1.165, 1.54) is 0 Å². The Labute approximate surface area is 107 Å². The SMILES string of the molecule is CN(C)Cc1nc(Cl)ccc1N1CC[C@H](O)C1. The molecule has 1 fully saturated rings. The standard InChI is InChI=1S/C12H18ClN3O/c1-15(2)8-10-11(3-4-12(13)14-10)16-6-5-9(17)7-16/h3-4,9,17H,5-8H2,1-2H3/t9-/m0/s1. The number of aliphatic hydroxyl groups excluding tert-OH is 1. The van der Waals surface area contributed by atoms with Crippen LogP contribution in [0.15, 0.2) is 12.1 Å². The first kappa shape index (κ1) is 12.6. The highest BCUT2D eigenvalue weighted by Gasteiger charge is 2.23. The quantitative estimate of drug-likeness (QED) is 0.829. The van der Waals surface area contributed by atoms with Crippen molar-refractivity contribution in [2.24, 2.45) is 0 Å². The molecule has 4 nitrogen and oxygen atoms in total. The lowest BCUT2D eigenvalue weighted by Crippen LogP contribution is -2.24. The van der Waals surface area contributed by atoms with Crippen molar-refractivity contribution in [2.75, 3.05) is 32.1 Å². The van der Waals surface area contributed by atoms with Gasteiger partial charge in [0.1, 0.15) is 5.15 Å². The van der Waals surface area contributed by atoms with Crippen molar-refractivity contribution in [1.82, 2.24) is 9.88 Å². The number of halogens is 1. The monoisotopic (exact) mass is 255 g/mol. The van der Waals surface area contributed by atoms with Gasteiger partial charge in [-0.15, -0.1) is 0 Å². The van der Waals surface area contributed by atoms with Crippen molar-refractivity contribution in [3.8, 4) is 0 Å². The van der Waals surface area contributed by atoms with Gasteiger partial charge >= 0.3 is 0 Å². The van der Waals surface area contributed by atoms with E-state index in [0.29, 0.717) is 11.7 Å². The summed E-state index contributed by atoms with van der Waals surface area (Å²) in [7, 11) is 4.01. The third-order valence-electron chi connectivity index (χ3n) is 2.89. The number of anilines is 1. The molecule has 0 aliphatic carbocycles. The normalized spacial score (nSPS) is 20.3. The molecule has 1 aromatic heterocycles. The van der Waals surface area contributed by atoms with Gasteiger partial charge in [-0.25, -0.2) is 4.98 Å². The van der Waals surface area contributed by atoms with Crippen LogP contribution in [-0.2, 0) is 6.54 Å². The summed E-state index contributed by atoms with van der Waals surface area (Å²) in [6.07, 6.45) is 0.599. The zero-order valence-electron chi connectivity index (χ0n) is 10.2. The van der Waals surface area contributed by atoms with Crippen LogP contribution in [0.5, 0.6) is 0 Å². The van der Waals surface area contributed by atoms with E-state index in [2.05, 4.69) is 14.8 Å². The topological polar surface area (TPSA) is 39.6 Å². The van der Waals surface area contributed by atoms with Gasteiger partial charge in [0.05, 0.1) is 17.5 Å². The Hall–Kier alpha value is -0.840. The first-order chi connectivity index (χ1) is 8.06. The molecule has 94 valence electrons. The summed E-state index contributed by atoms with van der Waals surface area (Å²) in [6.45, 7) is 2.32. The molecule has 1 aliphatic heterocycles. The molecule has 0 aromatic carbocycles. The number of hydrogen-bond donors (Lipinski definition) is 1. The first-order valence-electron chi connectivity index (χ1n) is 5.79. The van der Waals surface area contributed by atoms with E-state index >= 15 is 0 Å². The van der Waals surface area contributed by atoms with E-state index in [0.717, 1.165) is 30.9 Å². The number of β-amino-alcohol motifs (C(OH)–C–C–N with tert-alkyl or cyclic N) is 1. The van der Waals surface area contributed by atoms with E-state index in [1.54, 1.807) is 6.07 Å². The Kier molecular flexibility index (Phi) is 3.86. The van der Waals surface area contributed by atoms with Crippen LogP contribution in [-0.4, -0.2) is 48.3 Å². The van der Waals surface area contributed by atoms with Crippen LogP contribution in [0.3, 0.4) is 0 Å². The lowest BCUT2D eigenvalue weighted by molar-refractivity contribution is 0.198. The Balaban J connectivity index is 2.25. The summed E-state index contributed by atoms with van der Waals surface area (Å²) in [5, 5.41) is 10.1. The van der Waals surface area contributed by atoms with Crippen molar-refractivity contribution in [2.45, 2.75) is 19.1 Å². The molecule has 1 N–H and O–H groups in total. The minimum atomic E-state index is -0.224. The van der Waals surface area contributed by atoms with Crippen LogP contribution in [0.1, 0.15) is 12.1 Å². The Morgan fingerprint density at radius 2 is 2.29 bits per heavy atom. The fourth-order valence-electron chi connectivity index (χ4n) is 2.13. The second-order valence-corrected chi connectivity index (χ2v) is 5.11. The third-order valence-corrected chi connectivity index (χ3v) is 3.10. The van der Waals surface area contributed by atoms with Crippen LogP contribution in [0, 0.1) is 0 Å². The fraction of sp³-hybridized carbons (Fsp3) is 0.583. The summed E-state index contributed by atoms with van der Waals surface area (Å²) in [6, 6.07) is 3.80. The summed E-state index contributed by atoms with van der Waals surface area (Å²) < 4.78 is 0. The van der Waals surface area contributed by atoms with Gasteiger partial charge < -0.3 is 14.9 Å². The van der Waals surface area contributed by atoms with E-state index in [4.69, 9.17) is 11.6 Å². The highest BCUT2D eigenvalue weighted by Crippen LogP contribution is 2.25. The highest BCUT2D eigenvalue weighted by molar-refractivity contribution is 6.29. The smallest absolute Gasteiger partial charge is 0.129 e. The van der Waals surface area contributed by atoms with Crippen molar-refractivity contribution in [3.05, 3.63) is 23.0 Å². The number of aromatic nitrogens is 1. The first-order valence-corrected chi connectivity index (χ1v) is 6.17. The summed E-state index contributed by atoms with van der Waals surface area (Å²) >= 11 is 5.94. The number of aliphatic hydroxyl groups is 1. The fourth-order valence-corrected chi connectivity index (χ4v) is 2.30. The van der Waals surface area contributed by atoms with Gasteiger partial charge in [0, 0.05) is 19.6 Å². The average Bonchev–Trinajstić information content (AvgIpc) is 2.64. The predicted molar refractivity (Wildman–Crippen MR) is 69.5 cm³/mol. The average molecular weight is 256 g/mol. The maximum atomic E-state index is 9.59. The van der Waals surface area contributed by atoms with E-state index < -0.39 is 0 Å². The minimum Gasteiger partial charge on any atom is -0.391 e. The summed E-state index contributed by atoms with van der Waals surface area (Å²) in [4.78, 5) is 8.62. The lowest BCUT2D eigenvalue weighted by Gasteiger charge is -2.22. The van der Waals surface area contributed by atoms with Crippen LogP contribution in [0.2, 0.25) is 5.15 Å². The van der Waals surface area contributed by atoms with E-state index in [1.807, 2.05) is 20.2 Å². The van der Waals surface area contributed by atoms with Crippen molar-refractivity contribution < 1.29 is 5.11 Å². The predicted octanol–water partition coefficient (Wildman–Crippen LogP) is 1.37. The molecule has 0 bridgehead atoms. The molecule has 0 unspecified atom stereocenters. The lowest BCUT2D eigenvalue weighted by atomic mass is 10.2. The molecule has 1 atom stereocenters. The number of nitrogens with zero attached hydrogens (tertiary/aromatic N) is 3. The Morgan fingerprint density at radius 3 is 2.88 bits per heavy atom. The van der Waals surface area contributed by atoms with Crippen molar-refractivity contribution in [1.29, 1.82) is 0 Å². The summed E-state index contributed by atoms with van der Waals surface area (Å²) in [5.41, 5.74) is 2.05. The van der Waals surface area contributed by atoms with Crippen LogP contribution >= 0.6 is 11.6 Å². The number of rotatable bonds is 3. The van der Waals surface area contributed by atoms with Gasteiger partial charge in [0.2, 0.25) is 0 Å². The number of pyridine rings is 1. The van der Waals surface area contributed by atoms with Gasteiger partial charge in [-0.3, -0.25) is 0 Å².